The molecule has 4 aromatic rings. The van der Waals surface area contributed by atoms with Crippen molar-refractivity contribution in [3.05, 3.63) is 119 Å². The first-order chi connectivity index (χ1) is 27.2. The lowest BCUT2D eigenvalue weighted by molar-refractivity contribution is -0.127. The van der Waals surface area contributed by atoms with E-state index in [1.54, 1.807) is 24.3 Å². The standard InChI is InChI=1S/C44H40ClN3O8/c1-54-35-22-30(49)23-36(55-2)38(35)39-31-15-16-32-37(42(52)47(40(32)50)28-13-11-27(12-14-28)46-17-19-56-20-18-46)33(31)24-34-41(51)48(29-10-6-9-26(45)21-29)43(53)44(34,39)25-7-4-3-5-8-25/h3-15,21-23,32-34,37,39,49H,16-20,24H2,1-2H3. The van der Waals surface area contributed by atoms with Gasteiger partial charge >= 0.3 is 0 Å². The Morgan fingerprint density at radius 3 is 2.09 bits per heavy atom. The maximum Gasteiger partial charge on any atom is 0.246 e. The van der Waals surface area contributed by atoms with Gasteiger partial charge in [-0.15, -0.1) is 0 Å². The summed E-state index contributed by atoms with van der Waals surface area (Å²) in [5, 5.41) is 11.2. The molecule has 4 fully saturated rings. The van der Waals surface area contributed by atoms with Crippen LogP contribution in [0.25, 0.3) is 0 Å². The van der Waals surface area contributed by atoms with E-state index in [9.17, 15) is 14.7 Å². The zero-order chi connectivity index (χ0) is 38.9. The molecule has 2 aliphatic carbocycles. The van der Waals surface area contributed by atoms with Gasteiger partial charge in [0.25, 0.3) is 0 Å². The van der Waals surface area contributed by atoms with E-state index in [4.69, 9.17) is 25.8 Å². The van der Waals surface area contributed by atoms with Crippen molar-refractivity contribution in [3.8, 4) is 17.2 Å². The van der Waals surface area contributed by atoms with Gasteiger partial charge in [-0.2, -0.15) is 0 Å². The molecule has 286 valence electrons. The average Bonchev–Trinajstić information content (AvgIpc) is 3.61. The lowest BCUT2D eigenvalue weighted by Crippen LogP contribution is -2.53. The van der Waals surface area contributed by atoms with Crippen molar-refractivity contribution in [3.63, 3.8) is 0 Å². The molecule has 1 N–H and O–H groups in total. The number of ether oxygens (including phenoxy) is 3. The lowest BCUT2D eigenvalue weighted by atomic mass is 9.49. The van der Waals surface area contributed by atoms with Crippen LogP contribution >= 0.6 is 11.6 Å². The Morgan fingerprint density at radius 1 is 0.750 bits per heavy atom. The third kappa shape index (κ3) is 5.28. The van der Waals surface area contributed by atoms with Crippen molar-refractivity contribution in [1.29, 1.82) is 0 Å². The number of aromatic hydroxyl groups is 1. The summed E-state index contributed by atoms with van der Waals surface area (Å²) in [6.45, 7) is 2.76. The summed E-state index contributed by atoms with van der Waals surface area (Å²) < 4.78 is 17.4. The molecular formula is C44H40ClN3O8. The van der Waals surface area contributed by atoms with Crippen molar-refractivity contribution in [2.45, 2.75) is 24.2 Å². The fourth-order valence-electron chi connectivity index (χ4n) is 10.2. The molecule has 0 aromatic heterocycles. The van der Waals surface area contributed by atoms with E-state index >= 15 is 9.59 Å². The molecule has 0 spiro atoms. The second-order valence-electron chi connectivity index (χ2n) is 15.0. The second-order valence-corrected chi connectivity index (χ2v) is 15.4. The molecule has 3 aliphatic heterocycles. The normalized spacial score (nSPS) is 27.2. The zero-order valence-electron chi connectivity index (χ0n) is 30.9. The smallest absolute Gasteiger partial charge is 0.246 e. The summed E-state index contributed by atoms with van der Waals surface area (Å²) in [6, 6.07) is 26.3. The Morgan fingerprint density at radius 2 is 1.43 bits per heavy atom. The summed E-state index contributed by atoms with van der Waals surface area (Å²) in [6.07, 6.45) is 2.36. The van der Waals surface area contributed by atoms with Gasteiger partial charge < -0.3 is 24.2 Å². The van der Waals surface area contributed by atoms with Gasteiger partial charge in [0.05, 0.1) is 62.0 Å². The molecule has 12 heteroatoms. The monoisotopic (exact) mass is 773 g/mol. The molecule has 9 rings (SSSR count). The van der Waals surface area contributed by atoms with Crippen molar-refractivity contribution in [1.82, 2.24) is 0 Å². The topological polar surface area (TPSA) is 126 Å². The fraction of sp³-hybridized carbons (Fsp3) is 0.318. The van der Waals surface area contributed by atoms with Gasteiger partial charge in [0.1, 0.15) is 17.2 Å². The predicted octanol–water partition coefficient (Wildman–Crippen LogP) is 6.27. The van der Waals surface area contributed by atoms with Gasteiger partial charge in [0.15, 0.2) is 0 Å². The molecule has 1 saturated carbocycles. The molecule has 4 aromatic carbocycles. The Balaban J connectivity index is 1.22. The molecule has 5 aliphatic rings. The van der Waals surface area contributed by atoms with Gasteiger partial charge in [-0.05, 0) is 66.8 Å². The fourth-order valence-corrected chi connectivity index (χ4v) is 10.3. The van der Waals surface area contributed by atoms with Gasteiger partial charge in [-0.1, -0.05) is 59.6 Å². The summed E-state index contributed by atoms with van der Waals surface area (Å²) in [5.41, 5.74) is 2.05. The number of methoxy groups -OCH3 is 2. The van der Waals surface area contributed by atoms with Crippen LogP contribution in [-0.2, 0) is 29.3 Å². The number of allylic oxidation sites excluding steroid dienone is 2. The molecule has 3 saturated heterocycles. The Hall–Kier alpha value is -5.65. The van der Waals surface area contributed by atoms with Crippen LogP contribution in [-0.4, -0.2) is 69.3 Å². The Bertz CT molecular complexity index is 2270. The quantitative estimate of drug-likeness (QED) is 0.171. The highest BCUT2D eigenvalue weighted by atomic mass is 35.5. The molecule has 6 atom stereocenters. The summed E-state index contributed by atoms with van der Waals surface area (Å²) in [4.78, 5) is 64.6. The van der Waals surface area contributed by atoms with E-state index < -0.39 is 46.8 Å². The third-order valence-corrected chi connectivity index (χ3v) is 12.7. The highest BCUT2D eigenvalue weighted by molar-refractivity contribution is 6.32. The predicted molar refractivity (Wildman–Crippen MR) is 209 cm³/mol. The number of carbonyl (C=O) groups is 4. The molecule has 56 heavy (non-hydrogen) atoms. The SMILES string of the molecule is COc1cc(O)cc(OC)c1C1C2=CCC3C(=O)N(c4ccc(N5CCOCC5)cc4)C(=O)C3C2CC2C(=O)N(c3cccc(Cl)c3)C(=O)C21c1ccccc1. The van der Waals surface area contributed by atoms with Crippen LogP contribution < -0.4 is 24.2 Å². The van der Waals surface area contributed by atoms with Crippen LogP contribution in [0.5, 0.6) is 17.2 Å². The molecular weight excluding hydrogens is 734 g/mol. The van der Waals surface area contributed by atoms with Crippen LogP contribution in [0.15, 0.2) is 103 Å². The largest absolute Gasteiger partial charge is 0.508 e. The van der Waals surface area contributed by atoms with Crippen LogP contribution in [0.2, 0.25) is 5.02 Å². The van der Waals surface area contributed by atoms with Crippen LogP contribution in [0, 0.1) is 23.7 Å². The van der Waals surface area contributed by atoms with Crippen molar-refractivity contribution < 1.29 is 38.5 Å². The minimum atomic E-state index is -1.55. The molecule has 6 unspecified atom stereocenters. The maximum absolute atomic E-state index is 15.6. The van der Waals surface area contributed by atoms with Gasteiger partial charge in [0, 0.05) is 47.4 Å². The number of morpholine rings is 1. The number of nitrogens with zero attached hydrogens (tertiary/aromatic N) is 3. The van der Waals surface area contributed by atoms with Crippen molar-refractivity contribution >= 4 is 52.3 Å². The lowest BCUT2D eigenvalue weighted by Gasteiger charge is -2.51. The van der Waals surface area contributed by atoms with E-state index in [1.165, 1.54) is 36.2 Å². The highest BCUT2D eigenvalue weighted by Crippen LogP contribution is 2.66. The van der Waals surface area contributed by atoms with E-state index in [0.29, 0.717) is 40.7 Å². The number of hydrogen-bond donors (Lipinski definition) is 1. The molecule has 11 nitrogen and oxygen atoms in total. The number of fused-ring (bicyclic) bond motifs is 4. The van der Waals surface area contributed by atoms with Crippen LogP contribution in [0.3, 0.4) is 0 Å². The van der Waals surface area contributed by atoms with Crippen molar-refractivity contribution in [2.24, 2.45) is 23.7 Å². The first kappa shape index (κ1) is 36.0. The number of phenolic OH excluding ortho intramolecular Hbond substituents is 1. The Labute approximate surface area is 329 Å². The summed E-state index contributed by atoms with van der Waals surface area (Å²) >= 11 is 6.45. The van der Waals surface area contributed by atoms with Gasteiger partial charge in [-0.3, -0.25) is 24.1 Å². The number of amides is 4. The number of carbonyl (C=O) groups excluding carboxylic acids is 4. The minimum Gasteiger partial charge on any atom is -0.508 e. The third-order valence-electron chi connectivity index (χ3n) is 12.5. The van der Waals surface area contributed by atoms with Gasteiger partial charge in [0.2, 0.25) is 23.6 Å². The van der Waals surface area contributed by atoms with Crippen LogP contribution in [0.4, 0.5) is 17.1 Å². The number of halogens is 1. The van der Waals surface area contributed by atoms with E-state index in [2.05, 4.69) is 4.90 Å². The summed E-state index contributed by atoms with van der Waals surface area (Å²) in [5.74, 6) is -5.09. The number of rotatable bonds is 7. The number of anilines is 3. The van der Waals surface area contributed by atoms with E-state index in [0.717, 1.165) is 24.4 Å². The number of imide groups is 2. The minimum absolute atomic E-state index is 0.112. The first-order valence-corrected chi connectivity index (χ1v) is 19.2. The number of benzene rings is 4. The average molecular weight is 774 g/mol. The number of phenols is 1. The maximum atomic E-state index is 15.6. The van der Waals surface area contributed by atoms with E-state index in [-0.39, 0.29) is 41.9 Å². The van der Waals surface area contributed by atoms with Crippen LogP contribution in [0.1, 0.15) is 29.9 Å². The summed E-state index contributed by atoms with van der Waals surface area (Å²) in [7, 11) is 2.94. The Kier molecular flexibility index (Phi) is 8.89. The highest BCUT2D eigenvalue weighted by Gasteiger charge is 2.71. The molecule has 0 radical (unpaired) electrons. The molecule has 4 amide bonds. The molecule has 3 heterocycles. The van der Waals surface area contributed by atoms with E-state index in [1.807, 2.05) is 60.7 Å². The number of hydrogen-bond acceptors (Lipinski definition) is 9. The first-order valence-electron chi connectivity index (χ1n) is 18.8. The van der Waals surface area contributed by atoms with Gasteiger partial charge in [-0.25, -0.2) is 4.90 Å². The molecule has 0 bridgehead atoms. The zero-order valence-corrected chi connectivity index (χ0v) is 31.6. The van der Waals surface area contributed by atoms with Crippen molar-refractivity contribution in [2.75, 3.05) is 55.2 Å². The second kappa shape index (κ2) is 13.8.